The Morgan fingerprint density at radius 3 is 1.68 bits per heavy atom. The minimum absolute atomic E-state index is 0.701. The lowest BCUT2D eigenvalue weighted by atomic mass is 10.0. The summed E-state index contributed by atoms with van der Waals surface area (Å²) < 4.78 is 0. The van der Waals surface area contributed by atoms with Gasteiger partial charge in [-0.2, -0.15) is 10.5 Å². The summed E-state index contributed by atoms with van der Waals surface area (Å²) in [5, 5.41) is 17.1. The lowest BCUT2D eigenvalue weighted by Crippen LogP contribution is -1.92. The number of rotatable bonds is 5. The van der Waals surface area contributed by atoms with Crippen LogP contribution < -0.4 is 0 Å². The fraction of sp³-hybridized carbons (Fsp3) is 0.200. The standard InChI is InChI=1S/C20H16N2/c21-15-3-1-2-4-17-5-7-18(8-6-17)9-10-19-11-13-20(16-22)14-12-19/h5-8,11-14H,2,4,9-10H2. The van der Waals surface area contributed by atoms with Crippen molar-refractivity contribution in [2.45, 2.75) is 25.7 Å². The predicted octanol–water partition coefficient (Wildman–Crippen LogP) is 3.80. The molecule has 0 heterocycles. The van der Waals surface area contributed by atoms with Gasteiger partial charge in [0.1, 0.15) is 0 Å². The number of hydrogen-bond donors (Lipinski definition) is 0. The van der Waals surface area contributed by atoms with E-state index in [0.717, 1.165) is 25.7 Å². The maximum absolute atomic E-state index is 8.78. The molecule has 0 aliphatic carbocycles. The Morgan fingerprint density at radius 1 is 0.682 bits per heavy atom. The summed E-state index contributed by atoms with van der Waals surface area (Å²) in [5.41, 5.74) is 4.49. The first-order valence-corrected chi connectivity index (χ1v) is 7.25. The van der Waals surface area contributed by atoms with Crippen LogP contribution in [0.2, 0.25) is 0 Å². The van der Waals surface area contributed by atoms with Gasteiger partial charge in [-0.3, -0.25) is 0 Å². The smallest absolute Gasteiger partial charge is 0.152 e. The molecular formula is C20H16N2. The molecular weight excluding hydrogens is 268 g/mol. The highest BCUT2D eigenvalue weighted by atomic mass is 14.2. The Labute approximate surface area is 131 Å². The van der Waals surface area contributed by atoms with Crippen LogP contribution in [0.15, 0.2) is 48.5 Å². The highest BCUT2D eigenvalue weighted by Gasteiger charge is 1.98. The fourth-order valence-electron chi connectivity index (χ4n) is 2.22. The predicted molar refractivity (Wildman–Crippen MR) is 86.7 cm³/mol. The number of benzene rings is 2. The average molecular weight is 284 g/mol. The molecule has 2 aromatic carbocycles. The number of aryl methyl sites for hydroxylation is 3. The van der Waals surface area contributed by atoms with Crippen LogP contribution in [0.25, 0.3) is 0 Å². The highest BCUT2D eigenvalue weighted by Crippen LogP contribution is 2.11. The monoisotopic (exact) mass is 284 g/mol. The summed E-state index contributed by atoms with van der Waals surface area (Å²) in [6, 6.07) is 20.3. The van der Waals surface area contributed by atoms with E-state index in [0.29, 0.717) is 5.56 Å². The van der Waals surface area contributed by atoms with Gasteiger partial charge in [-0.15, -0.1) is 0 Å². The molecule has 22 heavy (non-hydrogen) atoms. The molecule has 106 valence electrons. The van der Waals surface area contributed by atoms with Gasteiger partial charge < -0.3 is 0 Å². The van der Waals surface area contributed by atoms with Crippen LogP contribution in [0.4, 0.5) is 0 Å². The van der Waals surface area contributed by atoms with Gasteiger partial charge in [-0.05, 0) is 48.1 Å². The molecule has 2 heteroatoms. The first-order chi connectivity index (χ1) is 10.8. The largest absolute Gasteiger partial charge is 0.192 e. The summed E-state index contributed by atoms with van der Waals surface area (Å²) in [6.45, 7) is 0. The van der Waals surface area contributed by atoms with Crippen molar-refractivity contribution < 1.29 is 0 Å². The Bertz CT molecular complexity index is 745. The molecule has 0 saturated carbocycles. The van der Waals surface area contributed by atoms with Crippen molar-refractivity contribution in [1.29, 1.82) is 10.5 Å². The fourth-order valence-corrected chi connectivity index (χ4v) is 2.22. The van der Waals surface area contributed by atoms with Crippen molar-refractivity contribution in [3.63, 3.8) is 0 Å². The molecule has 0 fully saturated rings. The van der Waals surface area contributed by atoms with Crippen molar-refractivity contribution in [1.82, 2.24) is 0 Å². The van der Waals surface area contributed by atoms with Crippen LogP contribution in [0, 0.1) is 34.5 Å². The quantitative estimate of drug-likeness (QED) is 0.784. The average Bonchev–Trinajstić information content (AvgIpc) is 2.58. The van der Waals surface area contributed by atoms with Crippen molar-refractivity contribution in [3.05, 3.63) is 70.8 Å². The number of nitrogens with zero attached hydrogens (tertiary/aromatic N) is 2. The van der Waals surface area contributed by atoms with Gasteiger partial charge in [0.2, 0.25) is 0 Å². The lowest BCUT2D eigenvalue weighted by molar-refractivity contribution is 0.953. The van der Waals surface area contributed by atoms with Gasteiger partial charge in [0.05, 0.1) is 11.6 Å². The van der Waals surface area contributed by atoms with E-state index in [4.69, 9.17) is 10.5 Å². The lowest BCUT2D eigenvalue weighted by Gasteiger charge is -2.04. The molecule has 0 spiro atoms. The molecule has 0 unspecified atom stereocenters. The van der Waals surface area contributed by atoms with E-state index in [1.165, 1.54) is 16.7 Å². The van der Waals surface area contributed by atoms with Gasteiger partial charge in [0.25, 0.3) is 0 Å². The Balaban J connectivity index is 1.85. The van der Waals surface area contributed by atoms with Gasteiger partial charge in [-0.1, -0.05) is 42.3 Å². The third-order valence-electron chi connectivity index (χ3n) is 3.49. The van der Waals surface area contributed by atoms with Gasteiger partial charge in [0, 0.05) is 12.3 Å². The maximum atomic E-state index is 8.78. The van der Waals surface area contributed by atoms with Gasteiger partial charge in [0.15, 0.2) is 6.07 Å². The summed E-state index contributed by atoms with van der Waals surface area (Å²) >= 11 is 0. The molecule has 0 saturated heterocycles. The molecule has 0 aromatic heterocycles. The zero-order valence-electron chi connectivity index (χ0n) is 12.3. The summed E-state index contributed by atoms with van der Waals surface area (Å²) in [4.78, 5) is 0. The van der Waals surface area contributed by atoms with Crippen LogP contribution in [0.3, 0.4) is 0 Å². The normalized spacial score (nSPS) is 9.18. The molecule has 0 radical (unpaired) electrons. The number of hydrogen-bond acceptors (Lipinski definition) is 2. The van der Waals surface area contributed by atoms with Crippen molar-refractivity contribution >= 4 is 0 Å². The first kappa shape index (κ1) is 15.4. The Morgan fingerprint density at radius 2 is 1.18 bits per heavy atom. The second kappa shape index (κ2) is 8.31. The van der Waals surface area contributed by atoms with E-state index in [1.807, 2.05) is 30.3 Å². The number of nitriles is 2. The van der Waals surface area contributed by atoms with Crippen molar-refractivity contribution in [3.8, 4) is 24.0 Å². The van der Waals surface area contributed by atoms with Crippen LogP contribution in [0.1, 0.15) is 28.7 Å². The summed E-state index contributed by atoms with van der Waals surface area (Å²) in [6.07, 6.45) is 3.56. The Kier molecular flexibility index (Phi) is 5.80. The zero-order valence-corrected chi connectivity index (χ0v) is 12.3. The van der Waals surface area contributed by atoms with E-state index >= 15 is 0 Å². The van der Waals surface area contributed by atoms with E-state index in [1.54, 1.807) is 0 Å². The molecule has 0 atom stereocenters. The minimum atomic E-state index is 0.701. The van der Waals surface area contributed by atoms with Crippen molar-refractivity contribution in [2.24, 2.45) is 0 Å². The maximum Gasteiger partial charge on any atom is 0.152 e. The third kappa shape index (κ3) is 4.82. The molecule has 2 rings (SSSR count). The molecule has 0 amide bonds. The first-order valence-electron chi connectivity index (χ1n) is 7.25. The minimum Gasteiger partial charge on any atom is -0.192 e. The summed E-state index contributed by atoms with van der Waals surface area (Å²) in [7, 11) is 0. The Hall–Kier alpha value is -3.02. The topological polar surface area (TPSA) is 47.6 Å². The molecule has 0 N–H and O–H groups in total. The molecule has 0 aliphatic rings. The van der Waals surface area contributed by atoms with E-state index in [9.17, 15) is 0 Å². The van der Waals surface area contributed by atoms with Crippen LogP contribution in [-0.4, -0.2) is 0 Å². The van der Waals surface area contributed by atoms with E-state index < -0.39 is 0 Å². The highest BCUT2D eigenvalue weighted by molar-refractivity contribution is 5.32. The molecule has 0 aliphatic heterocycles. The van der Waals surface area contributed by atoms with Crippen LogP contribution in [-0.2, 0) is 19.3 Å². The van der Waals surface area contributed by atoms with Crippen LogP contribution in [0.5, 0.6) is 0 Å². The second-order valence-corrected chi connectivity index (χ2v) is 5.04. The van der Waals surface area contributed by atoms with Gasteiger partial charge >= 0.3 is 0 Å². The molecule has 2 nitrogen and oxygen atoms in total. The third-order valence-corrected chi connectivity index (χ3v) is 3.49. The molecule has 0 bridgehead atoms. The SMILES string of the molecule is N#CC#CCCc1ccc(CCc2ccc(C#N)cc2)cc1. The van der Waals surface area contributed by atoms with Crippen molar-refractivity contribution in [2.75, 3.05) is 0 Å². The van der Waals surface area contributed by atoms with E-state index in [-0.39, 0.29) is 0 Å². The second-order valence-electron chi connectivity index (χ2n) is 5.04. The van der Waals surface area contributed by atoms with Crippen LogP contribution >= 0.6 is 0 Å². The van der Waals surface area contributed by atoms with Gasteiger partial charge in [-0.25, -0.2) is 0 Å². The zero-order chi connectivity index (χ0) is 15.6. The summed E-state index contributed by atoms with van der Waals surface area (Å²) in [5.74, 6) is 5.23. The van der Waals surface area contributed by atoms with E-state index in [2.05, 4.69) is 42.2 Å². The molecule has 2 aromatic rings.